The minimum atomic E-state index is -0.395. The summed E-state index contributed by atoms with van der Waals surface area (Å²) < 4.78 is 6.49. The highest BCUT2D eigenvalue weighted by atomic mass is 35.5. The van der Waals surface area contributed by atoms with E-state index in [1.54, 1.807) is 10.9 Å². The summed E-state index contributed by atoms with van der Waals surface area (Å²) in [5.41, 5.74) is 1.47. The normalized spacial score (nSPS) is 11.5. The first-order valence-corrected chi connectivity index (χ1v) is 5.87. The summed E-state index contributed by atoms with van der Waals surface area (Å²) >= 11 is 5.85. The van der Waals surface area contributed by atoms with Crippen molar-refractivity contribution < 1.29 is 9.53 Å². The first-order chi connectivity index (χ1) is 8.63. The van der Waals surface area contributed by atoms with Gasteiger partial charge in [-0.05, 0) is 24.6 Å². The summed E-state index contributed by atoms with van der Waals surface area (Å²) in [6, 6.07) is 7.48. The van der Waals surface area contributed by atoms with E-state index < -0.39 is 5.97 Å². The zero-order valence-corrected chi connectivity index (χ0v) is 12.1. The van der Waals surface area contributed by atoms with E-state index in [0.717, 1.165) is 5.56 Å². The Bertz CT molecular complexity index is 552. The minimum Gasteiger partial charge on any atom is -0.464 e. The van der Waals surface area contributed by atoms with E-state index in [9.17, 15) is 4.79 Å². The number of methoxy groups -OCH3 is 1. The number of rotatable bonds is 3. The third-order valence-electron chi connectivity index (χ3n) is 2.83. The van der Waals surface area contributed by atoms with E-state index in [1.807, 2.05) is 31.2 Å². The SMILES string of the molecule is COC(=O)c1cncn1C(C)c1ccc(Cl)cc1.Cl. The van der Waals surface area contributed by atoms with Gasteiger partial charge in [0.05, 0.1) is 25.7 Å². The molecular formula is C13H14Cl2N2O2. The Labute approximate surface area is 122 Å². The number of ether oxygens (including phenoxy) is 1. The lowest BCUT2D eigenvalue weighted by atomic mass is 10.1. The van der Waals surface area contributed by atoms with Crippen LogP contribution >= 0.6 is 24.0 Å². The van der Waals surface area contributed by atoms with Crippen LogP contribution in [-0.2, 0) is 4.74 Å². The van der Waals surface area contributed by atoms with Gasteiger partial charge in [0.2, 0.25) is 0 Å². The Morgan fingerprint density at radius 2 is 2.00 bits per heavy atom. The number of halogens is 2. The molecule has 0 radical (unpaired) electrons. The molecule has 1 aromatic heterocycles. The lowest BCUT2D eigenvalue weighted by Gasteiger charge is -2.16. The van der Waals surface area contributed by atoms with Crippen LogP contribution in [0.3, 0.4) is 0 Å². The number of hydrogen-bond donors (Lipinski definition) is 0. The van der Waals surface area contributed by atoms with Crippen molar-refractivity contribution in [3.63, 3.8) is 0 Å². The number of nitrogens with zero attached hydrogens (tertiary/aromatic N) is 2. The quantitative estimate of drug-likeness (QED) is 0.817. The molecule has 0 fully saturated rings. The molecule has 2 aromatic rings. The number of hydrogen-bond acceptors (Lipinski definition) is 3. The van der Waals surface area contributed by atoms with Crippen molar-refractivity contribution in [2.24, 2.45) is 0 Å². The molecule has 6 heteroatoms. The Morgan fingerprint density at radius 1 is 1.37 bits per heavy atom. The van der Waals surface area contributed by atoms with Gasteiger partial charge in [0, 0.05) is 5.02 Å². The highest BCUT2D eigenvalue weighted by molar-refractivity contribution is 6.30. The van der Waals surface area contributed by atoms with Crippen LogP contribution < -0.4 is 0 Å². The third-order valence-corrected chi connectivity index (χ3v) is 3.08. The Balaban J connectivity index is 0.00000180. The van der Waals surface area contributed by atoms with Gasteiger partial charge in [0.25, 0.3) is 0 Å². The van der Waals surface area contributed by atoms with Crippen LogP contribution in [0.4, 0.5) is 0 Å². The standard InChI is InChI=1S/C13H13ClN2O2.ClH/c1-9(10-3-5-11(14)6-4-10)16-8-15-7-12(16)13(17)18-2;/h3-9H,1-2H3;1H. The van der Waals surface area contributed by atoms with Crippen LogP contribution in [0.1, 0.15) is 29.0 Å². The number of esters is 1. The maximum Gasteiger partial charge on any atom is 0.356 e. The van der Waals surface area contributed by atoms with Gasteiger partial charge in [-0.2, -0.15) is 0 Å². The molecule has 102 valence electrons. The maximum atomic E-state index is 11.6. The summed E-state index contributed by atoms with van der Waals surface area (Å²) in [6.45, 7) is 1.98. The zero-order valence-electron chi connectivity index (χ0n) is 10.5. The summed E-state index contributed by atoms with van der Waals surface area (Å²) in [6.07, 6.45) is 3.11. The molecule has 1 aromatic carbocycles. The van der Waals surface area contributed by atoms with Gasteiger partial charge in [-0.3, -0.25) is 0 Å². The van der Waals surface area contributed by atoms with E-state index in [0.29, 0.717) is 10.7 Å². The first-order valence-electron chi connectivity index (χ1n) is 5.49. The van der Waals surface area contributed by atoms with Gasteiger partial charge in [-0.25, -0.2) is 9.78 Å². The van der Waals surface area contributed by atoms with Gasteiger partial charge >= 0.3 is 5.97 Å². The van der Waals surface area contributed by atoms with Gasteiger partial charge in [0.15, 0.2) is 0 Å². The fourth-order valence-corrected chi connectivity index (χ4v) is 1.90. The van der Waals surface area contributed by atoms with Gasteiger partial charge < -0.3 is 9.30 Å². The van der Waals surface area contributed by atoms with E-state index in [1.165, 1.54) is 13.3 Å². The van der Waals surface area contributed by atoms with Crippen molar-refractivity contribution in [1.82, 2.24) is 9.55 Å². The molecule has 4 nitrogen and oxygen atoms in total. The molecule has 0 N–H and O–H groups in total. The molecule has 0 aliphatic rings. The van der Waals surface area contributed by atoms with E-state index >= 15 is 0 Å². The fraction of sp³-hybridized carbons (Fsp3) is 0.231. The molecular weight excluding hydrogens is 287 g/mol. The Hall–Kier alpha value is -1.52. The van der Waals surface area contributed by atoms with Gasteiger partial charge in [-0.1, -0.05) is 23.7 Å². The summed E-state index contributed by atoms with van der Waals surface area (Å²) in [5, 5.41) is 0.685. The minimum absolute atomic E-state index is 0. The maximum absolute atomic E-state index is 11.6. The number of imidazole rings is 1. The lowest BCUT2D eigenvalue weighted by Crippen LogP contribution is -2.14. The van der Waals surface area contributed by atoms with Crippen LogP contribution in [0, 0.1) is 0 Å². The molecule has 19 heavy (non-hydrogen) atoms. The summed E-state index contributed by atoms with van der Waals surface area (Å²) in [7, 11) is 1.35. The molecule has 0 saturated heterocycles. The molecule has 0 aliphatic carbocycles. The number of carbonyl (C=O) groups is 1. The predicted molar refractivity (Wildman–Crippen MR) is 76.1 cm³/mol. The second-order valence-corrected chi connectivity index (χ2v) is 4.34. The van der Waals surface area contributed by atoms with Crippen molar-refractivity contribution in [2.45, 2.75) is 13.0 Å². The average molecular weight is 301 g/mol. The molecule has 2 rings (SSSR count). The summed E-state index contributed by atoms with van der Waals surface area (Å²) in [5.74, 6) is -0.395. The topological polar surface area (TPSA) is 44.1 Å². The summed E-state index contributed by atoms with van der Waals surface area (Å²) in [4.78, 5) is 15.6. The monoisotopic (exact) mass is 300 g/mol. The molecule has 0 saturated carbocycles. The van der Waals surface area contributed by atoms with Crippen LogP contribution in [0.15, 0.2) is 36.8 Å². The smallest absolute Gasteiger partial charge is 0.356 e. The Kier molecular flexibility index (Phi) is 5.39. The number of aromatic nitrogens is 2. The largest absolute Gasteiger partial charge is 0.464 e. The number of carbonyl (C=O) groups excluding carboxylic acids is 1. The van der Waals surface area contributed by atoms with E-state index in [4.69, 9.17) is 16.3 Å². The Morgan fingerprint density at radius 3 is 2.58 bits per heavy atom. The molecule has 1 heterocycles. The van der Waals surface area contributed by atoms with Crippen LogP contribution in [0.5, 0.6) is 0 Å². The molecule has 0 amide bonds. The van der Waals surface area contributed by atoms with Crippen molar-refractivity contribution in [1.29, 1.82) is 0 Å². The molecule has 1 atom stereocenters. The van der Waals surface area contributed by atoms with Crippen molar-refractivity contribution in [2.75, 3.05) is 7.11 Å². The highest BCUT2D eigenvalue weighted by Gasteiger charge is 2.17. The molecule has 1 unspecified atom stereocenters. The molecule has 0 bridgehead atoms. The van der Waals surface area contributed by atoms with Crippen molar-refractivity contribution in [3.05, 3.63) is 53.1 Å². The van der Waals surface area contributed by atoms with Crippen molar-refractivity contribution >= 4 is 30.0 Å². The average Bonchev–Trinajstić information content (AvgIpc) is 2.87. The van der Waals surface area contributed by atoms with Gasteiger partial charge in [0.1, 0.15) is 5.69 Å². The van der Waals surface area contributed by atoms with E-state index in [-0.39, 0.29) is 18.4 Å². The molecule has 0 aliphatic heterocycles. The van der Waals surface area contributed by atoms with Crippen LogP contribution in [-0.4, -0.2) is 22.6 Å². The first kappa shape index (κ1) is 15.5. The predicted octanol–water partition coefficient (Wildman–Crippen LogP) is 3.35. The molecule has 0 spiro atoms. The second kappa shape index (κ2) is 6.59. The fourth-order valence-electron chi connectivity index (χ4n) is 1.78. The lowest BCUT2D eigenvalue weighted by molar-refractivity contribution is 0.0587. The second-order valence-electron chi connectivity index (χ2n) is 3.91. The van der Waals surface area contributed by atoms with Gasteiger partial charge in [-0.15, -0.1) is 12.4 Å². The van der Waals surface area contributed by atoms with Crippen molar-refractivity contribution in [3.8, 4) is 0 Å². The van der Waals surface area contributed by atoms with Crippen LogP contribution in [0.25, 0.3) is 0 Å². The highest BCUT2D eigenvalue weighted by Crippen LogP contribution is 2.21. The van der Waals surface area contributed by atoms with Crippen LogP contribution in [0.2, 0.25) is 5.02 Å². The van der Waals surface area contributed by atoms with E-state index in [2.05, 4.69) is 4.98 Å². The third kappa shape index (κ3) is 3.28. The zero-order chi connectivity index (χ0) is 13.1. The number of benzene rings is 1.